The number of nitrogens with zero attached hydrogens (tertiary/aromatic N) is 1. The summed E-state index contributed by atoms with van der Waals surface area (Å²) in [7, 11) is 2.04. The number of hydrogen-bond acceptors (Lipinski definition) is 1. The Kier molecular flexibility index (Phi) is 3.15. The SMILES string of the molecule is [2H]C(C)(C)c1cc[n+](C)c(-c2cc3oc4ccccc4c3cc2C)c1. The molecule has 0 radical (unpaired) electrons. The Balaban J connectivity index is 1.98. The molecule has 2 aromatic carbocycles. The van der Waals surface area contributed by atoms with Crippen molar-refractivity contribution in [1.82, 2.24) is 0 Å². The summed E-state index contributed by atoms with van der Waals surface area (Å²) < 4.78 is 16.5. The van der Waals surface area contributed by atoms with Gasteiger partial charge in [0.05, 0.1) is 5.56 Å². The molecule has 0 aliphatic heterocycles. The zero-order valence-corrected chi connectivity index (χ0v) is 14.6. The number of para-hydroxylation sites is 1. The summed E-state index contributed by atoms with van der Waals surface area (Å²) in [6.45, 7) is 5.97. The van der Waals surface area contributed by atoms with Crippen molar-refractivity contribution in [3.8, 4) is 11.3 Å². The molecule has 2 heterocycles. The van der Waals surface area contributed by atoms with E-state index in [-0.39, 0.29) is 0 Å². The number of hydrogen-bond donors (Lipinski definition) is 0. The third-order valence-electron chi connectivity index (χ3n) is 4.73. The first kappa shape index (κ1) is 13.8. The quantitative estimate of drug-likeness (QED) is 0.446. The molecular formula is C22H22NO+. The molecule has 0 saturated carbocycles. The van der Waals surface area contributed by atoms with Gasteiger partial charge in [-0.3, -0.25) is 0 Å². The lowest BCUT2D eigenvalue weighted by molar-refractivity contribution is -0.660. The maximum absolute atomic E-state index is 8.33. The number of benzene rings is 2. The van der Waals surface area contributed by atoms with Crippen molar-refractivity contribution >= 4 is 21.9 Å². The topological polar surface area (TPSA) is 17.0 Å². The molecule has 2 nitrogen and oxygen atoms in total. The first-order chi connectivity index (χ1) is 11.8. The van der Waals surface area contributed by atoms with Crippen LogP contribution in [0.1, 0.15) is 32.2 Å². The Labute approximate surface area is 143 Å². The van der Waals surface area contributed by atoms with E-state index in [0.29, 0.717) is 0 Å². The zero-order chi connectivity index (χ0) is 17.8. The molecule has 0 saturated heterocycles. The van der Waals surface area contributed by atoms with Crippen LogP contribution in [-0.4, -0.2) is 0 Å². The Morgan fingerprint density at radius 1 is 1.00 bits per heavy atom. The molecule has 2 aromatic heterocycles. The van der Waals surface area contributed by atoms with Crippen LogP contribution in [0.3, 0.4) is 0 Å². The zero-order valence-electron chi connectivity index (χ0n) is 15.6. The van der Waals surface area contributed by atoms with Crippen LogP contribution >= 0.6 is 0 Å². The Bertz CT molecular complexity index is 1100. The van der Waals surface area contributed by atoms with Crippen molar-refractivity contribution in [2.24, 2.45) is 7.05 Å². The van der Waals surface area contributed by atoms with Gasteiger partial charge in [0, 0.05) is 24.3 Å². The first-order valence-corrected chi connectivity index (χ1v) is 8.27. The lowest BCUT2D eigenvalue weighted by atomic mass is 9.97. The van der Waals surface area contributed by atoms with E-state index < -0.39 is 5.89 Å². The Morgan fingerprint density at radius 2 is 1.79 bits per heavy atom. The molecule has 0 amide bonds. The van der Waals surface area contributed by atoms with Gasteiger partial charge in [-0.25, -0.2) is 4.57 Å². The summed E-state index contributed by atoms with van der Waals surface area (Å²) >= 11 is 0. The summed E-state index contributed by atoms with van der Waals surface area (Å²) in [6, 6.07) is 16.6. The maximum Gasteiger partial charge on any atom is 0.212 e. The van der Waals surface area contributed by atoms with E-state index in [4.69, 9.17) is 5.79 Å². The predicted molar refractivity (Wildman–Crippen MR) is 99.2 cm³/mol. The van der Waals surface area contributed by atoms with Gasteiger partial charge >= 0.3 is 0 Å². The Morgan fingerprint density at radius 3 is 2.58 bits per heavy atom. The van der Waals surface area contributed by atoms with E-state index in [9.17, 15) is 0 Å². The van der Waals surface area contributed by atoms with E-state index in [1.54, 1.807) is 0 Å². The minimum absolute atomic E-state index is 0.625. The van der Waals surface area contributed by atoms with Crippen LogP contribution in [0.5, 0.6) is 0 Å². The van der Waals surface area contributed by atoms with Gasteiger partial charge in [-0.2, -0.15) is 0 Å². The molecule has 4 rings (SSSR count). The molecule has 4 aromatic rings. The average Bonchev–Trinajstić information content (AvgIpc) is 2.91. The van der Waals surface area contributed by atoms with Crippen molar-refractivity contribution in [3.63, 3.8) is 0 Å². The highest BCUT2D eigenvalue weighted by Gasteiger charge is 2.17. The third kappa shape index (κ3) is 2.30. The van der Waals surface area contributed by atoms with Crippen molar-refractivity contribution in [3.05, 3.63) is 65.9 Å². The molecule has 0 unspecified atom stereocenters. The number of rotatable bonds is 2. The number of fused-ring (bicyclic) bond motifs is 3. The molecule has 24 heavy (non-hydrogen) atoms. The number of aryl methyl sites for hydroxylation is 2. The average molecular weight is 317 g/mol. The van der Waals surface area contributed by atoms with Crippen LogP contribution in [0.4, 0.5) is 0 Å². The molecule has 2 heteroatoms. The molecule has 0 aliphatic carbocycles. The summed E-state index contributed by atoms with van der Waals surface area (Å²) in [5.41, 5.74) is 6.26. The minimum Gasteiger partial charge on any atom is -0.456 e. The molecule has 0 spiro atoms. The van der Waals surface area contributed by atoms with E-state index in [1.807, 2.05) is 51.4 Å². The van der Waals surface area contributed by atoms with Gasteiger partial charge in [0.1, 0.15) is 18.2 Å². The largest absolute Gasteiger partial charge is 0.456 e. The van der Waals surface area contributed by atoms with Gasteiger partial charge in [0.25, 0.3) is 0 Å². The van der Waals surface area contributed by atoms with Crippen LogP contribution in [0, 0.1) is 6.92 Å². The summed E-state index contributed by atoms with van der Waals surface area (Å²) in [5, 5.41) is 2.30. The lowest BCUT2D eigenvalue weighted by Gasteiger charge is -2.09. The van der Waals surface area contributed by atoms with E-state index in [2.05, 4.69) is 35.8 Å². The van der Waals surface area contributed by atoms with Crippen LogP contribution < -0.4 is 4.57 Å². The second-order valence-electron chi connectivity index (χ2n) is 6.67. The highest BCUT2D eigenvalue weighted by molar-refractivity contribution is 6.06. The second-order valence-corrected chi connectivity index (χ2v) is 6.67. The van der Waals surface area contributed by atoms with Crippen LogP contribution in [-0.2, 0) is 7.05 Å². The van der Waals surface area contributed by atoms with Crippen molar-refractivity contribution in [2.45, 2.75) is 26.7 Å². The third-order valence-corrected chi connectivity index (χ3v) is 4.73. The molecule has 120 valence electrons. The fourth-order valence-corrected chi connectivity index (χ4v) is 3.30. The van der Waals surface area contributed by atoms with E-state index >= 15 is 0 Å². The molecule has 0 fully saturated rings. The van der Waals surface area contributed by atoms with Crippen molar-refractivity contribution in [1.29, 1.82) is 0 Å². The molecule has 0 aliphatic rings. The van der Waals surface area contributed by atoms with E-state index in [0.717, 1.165) is 38.8 Å². The van der Waals surface area contributed by atoms with Gasteiger partial charge in [0.15, 0.2) is 6.20 Å². The minimum atomic E-state index is -0.625. The number of furan rings is 1. The van der Waals surface area contributed by atoms with Gasteiger partial charge in [-0.05, 0) is 42.1 Å². The number of aromatic nitrogens is 1. The molecule has 0 N–H and O–H groups in total. The van der Waals surface area contributed by atoms with Gasteiger partial charge < -0.3 is 4.42 Å². The fraction of sp³-hybridized carbons (Fsp3) is 0.227. The normalized spacial score (nSPS) is 12.8. The molecular weight excluding hydrogens is 294 g/mol. The molecule has 0 atom stereocenters. The lowest BCUT2D eigenvalue weighted by Crippen LogP contribution is -2.30. The summed E-state index contributed by atoms with van der Waals surface area (Å²) in [6.07, 6.45) is 2.03. The highest BCUT2D eigenvalue weighted by Crippen LogP contribution is 2.34. The van der Waals surface area contributed by atoms with Crippen LogP contribution in [0.2, 0.25) is 0 Å². The predicted octanol–water partition coefficient (Wildman–Crippen LogP) is 5.51. The van der Waals surface area contributed by atoms with Crippen LogP contribution in [0.25, 0.3) is 33.2 Å². The van der Waals surface area contributed by atoms with Gasteiger partial charge in [-0.15, -0.1) is 0 Å². The van der Waals surface area contributed by atoms with Gasteiger partial charge in [-0.1, -0.05) is 32.0 Å². The highest BCUT2D eigenvalue weighted by atomic mass is 16.3. The summed E-state index contributed by atoms with van der Waals surface area (Å²) in [5.74, 6) is -0.625. The second kappa shape index (κ2) is 5.48. The summed E-state index contributed by atoms with van der Waals surface area (Å²) in [4.78, 5) is 0. The fourth-order valence-electron chi connectivity index (χ4n) is 3.30. The number of pyridine rings is 1. The maximum atomic E-state index is 8.33. The standard InChI is InChI=1S/C22H22NO/c1-14(2)16-9-10-23(4)20(12-16)18-13-22-19(11-15(18)3)17-7-5-6-8-21(17)24-22/h5-14H,1-4H3/q+1/i14D. The first-order valence-electron chi connectivity index (χ1n) is 8.77. The Hall–Kier alpha value is -2.61. The van der Waals surface area contributed by atoms with Crippen molar-refractivity contribution in [2.75, 3.05) is 0 Å². The molecule has 0 bridgehead atoms. The van der Waals surface area contributed by atoms with Gasteiger partial charge in [0.2, 0.25) is 5.69 Å². The monoisotopic (exact) mass is 317 g/mol. The smallest absolute Gasteiger partial charge is 0.212 e. The van der Waals surface area contributed by atoms with E-state index in [1.165, 1.54) is 5.56 Å². The van der Waals surface area contributed by atoms with Crippen molar-refractivity contribution < 1.29 is 10.4 Å². The van der Waals surface area contributed by atoms with Crippen LogP contribution in [0.15, 0.2) is 59.1 Å².